The molecule has 3 nitrogen and oxygen atoms in total. The maximum Gasteiger partial charge on any atom is 0.153 e. The summed E-state index contributed by atoms with van der Waals surface area (Å²) in [7, 11) is 0. The average Bonchev–Trinajstić information content (AvgIpc) is 3.49. The van der Waals surface area contributed by atoms with Gasteiger partial charge in [-0.05, 0) is 77.9 Å². The zero-order valence-corrected chi connectivity index (χ0v) is 25.7. The highest BCUT2D eigenvalue weighted by Gasteiger charge is 2.27. The van der Waals surface area contributed by atoms with Crippen molar-refractivity contribution in [1.29, 1.82) is 0 Å². The Kier molecular flexibility index (Phi) is 6.32. The molecule has 0 unspecified atom stereocenters. The van der Waals surface area contributed by atoms with Crippen LogP contribution in [0.4, 0.5) is 34.1 Å². The average molecular weight is 609 g/mol. The van der Waals surface area contributed by atoms with Gasteiger partial charge in [0.2, 0.25) is 0 Å². The predicted octanol–water partition coefficient (Wildman–Crippen LogP) is 12.8. The summed E-state index contributed by atoms with van der Waals surface area (Å²) < 4.78 is 9.23. The van der Waals surface area contributed by atoms with Crippen molar-refractivity contribution >= 4 is 65.6 Å². The van der Waals surface area contributed by atoms with Gasteiger partial charge in [-0.2, -0.15) is 0 Å². The van der Waals surface area contributed by atoms with Crippen LogP contribution in [0.5, 0.6) is 11.5 Å². The van der Waals surface area contributed by atoms with Gasteiger partial charge in [0.15, 0.2) is 11.5 Å². The number of thiophene rings is 1. The van der Waals surface area contributed by atoms with Crippen LogP contribution < -0.4 is 14.5 Å². The van der Waals surface area contributed by atoms with Crippen molar-refractivity contribution in [3.8, 4) is 22.6 Å². The minimum Gasteiger partial charge on any atom is -0.453 e. The van der Waals surface area contributed by atoms with Crippen molar-refractivity contribution in [3.05, 3.63) is 170 Å². The molecule has 0 saturated carbocycles. The van der Waals surface area contributed by atoms with E-state index in [1.54, 1.807) is 0 Å². The van der Waals surface area contributed by atoms with E-state index in [1.165, 1.54) is 31.3 Å². The van der Waals surface area contributed by atoms with Gasteiger partial charge in [0.1, 0.15) is 0 Å². The van der Waals surface area contributed by atoms with Crippen molar-refractivity contribution < 1.29 is 4.74 Å². The molecule has 218 valence electrons. The van der Waals surface area contributed by atoms with Gasteiger partial charge >= 0.3 is 0 Å². The third-order valence-electron chi connectivity index (χ3n) is 8.61. The van der Waals surface area contributed by atoms with Crippen LogP contribution in [0.15, 0.2) is 170 Å². The molecular weight excluding hydrogens is 581 g/mol. The number of anilines is 6. The van der Waals surface area contributed by atoms with Gasteiger partial charge in [-0.15, -0.1) is 11.3 Å². The lowest BCUT2D eigenvalue weighted by Crippen LogP contribution is -2.16. The lowest BCUT2D eigenvalue weighted by Gasteiger charge is -2.34. The highest BCUT2D eigenvalue weighted by atomic mass is 32.1. The number of para-hydroxylation sites is 3. The Bertz CT molecular complexity index is 2360. The Morgan fingerprint density at radius 2 is 1.11 bits per heavy atom. The van der Waals surface area contributed by atoms with Crippen molar-refractivity contribution in [2.45, 2.75) is 0 Å². The van der Waals surface area contributed by atoms with E-state index < -0.39 is 0 Å². The quantitative estimate of drug-likeness (QED) is 0.193. The van der Waals surface area contributed by atoms with Crippen LogP contribution in [0, 0.1) is 0 Å². The Morgan fingerprint density at radius 3 is 2.00 bits per heavy atom. The first-order valence-corrected chi connectivity index (χ1v) is 16.2. The zero-order valence-electron chi connectivity index (χ0n) is 24.9. The minimum atomic E-state index is 0.813. The predicted molar refractivity (Wildman–Crippen MR) is 194 cm³/mol. The summed E-state index contributed by atoms with van der Waals surface area (Å²) in [6.45, 7) is 0. The highest BCUT2D eigenvalue weighted by Crippen LogP contribution is 2.53. The summed E-state index contributed by atoms with van der Waals surface area (Å²) in [5.74, 6) is 1.65. The van der Waals surface area contributed by atoms with Crippen molar-refractivity contribution in [2.24, 2.45) is 0 Å². The van der Waals surface area contributed by atoms with Gasteiger partial charge < -0.3 is 14.5 Å². The number of fused-ring (bicyclic) bond motifs is 5. The van der Waals surface area contributed by atoms with Crippen molar-refractivity contribution in [1.82, 2.24) is 0 Å². The van der Waals surface area contributed by atoms with Crippen LogP contribution in [0.25, 0.3) is 31.3 Å². The van der Waals surface area contributed by atoms with Gasteiger partial charge in [0, 0.05) is 49.0 Å². The van der Waals surface area contributed by atoms with E-state index in [9.17, 15) is 0 Å². The first-order chi connectivity index (χ1) is 22.8. The molecule has 8 aromatic rings. The van der Waals surface area contributed by atoms with Gasteiger partial charge in [-0.25, -0.2) is 0 Å². The summed E-state index contributed by atoms with van der Waals surface area (Å²) in [5.41, 5.74) is 8.69. The Balaban J connectivity index is 1.19. The topological polar surface area (TPSA) is 15.7 Å². The van der Waals surface area contributed by atoms with Crippen LogP contribution in [-0.4, -0.2) is 0 Å². The lowest BCUT2D eigenvalue weighted by molar-refractivity contribution is 0.477. The molecule has 1 aliphatic heterocycles. The van der Waals surface area contributed by atoms with Crippen LogP contribution in [0.2, 0.25) is 0 Å². The third-order valence-corrected chi connectivity index (χ3v) is 9.75. The second kappa shape index (κ2) is 11.0. The molecule has 4 heteroatoms. The monoisotopic (exact) mass is 608 g/mol. The Labute approximate surface area is 271 Å². The number of benzene rings is 7. The normalized spacial score (nSPS) is 12.0. The van der Waals surface area contributed by atoms with Crippen LogP contribution in [0.3, 0.4) is 0 Å². The highest BCUT2D eigenvalue weighted by molar-refractivity contribution is 7.25. The molecule has 0 saturated heterocycles. The standard InChI is InChI=1S/C42H28N2OS/c1-3-12-29(13-4-1)30-14-11-17-32(26-30)43(31-15-5-2-6-16-31)33-23-25-38-40(27-33)45-39-20-9-8-19-37(39)44(38)34-22-24-36-35-18-7-10-21-41(35)46-42(36)28-34/h1-28H. The second-order valence-corrected chi connectivity index (χ2v) is 12.5. The summed E-state index contributed by atoms with van der Waals surface area (Å²) in [4.78, 5) is 4.62. The molecule has 46 heavy (non-hydrogen) atoms. The molecule has 0 amide bonds. The Morgan fingerprint density at radius 1 is 0.435 bits per heavy atom. The van der Waals surface area contributed by atoms with Gasteiger partial charge in [-0.3, -0.25) is 0 Å². The number of hydrogen-bond donors (Lipinski definition) is 0. The number of ether oxygens (including phenoxy) is 1. The molecule has 0 bridgehead atoms. The van der Waals surface area contributed by atoms with Crippen molar-refractivity contribution in [3.63, 3.8) is 0 Å². The van der Waals surface area contributed by atoms with Crippen LogP contribution >= 0.6 is 11.3 Å². The zero-order chi connectivity index (χ0) is 30.5. The maximum absolute atomic E-state index is 6.65. The lowest BCUT2D eigenvalue weighted by atomic mass is 10.0. The summed E-state index contributed by atoms with van der Waals surface area (Å²) in [6, 6.07) is 60.0. The molecule has 1 aliphatic rings. The van der Waals surface area contributed by atoms with Crippen LogP contribution in [0.1, 0.15) is 0 Å². The van der Waals surface area contributed by atoms with Gasteiger partial charge in [0.05, 0.1) is 11.4 Å². The van der Waals surface area contributed by atoms with Gasteiger partial charge in [-0.1, -0.05) is 97.1 Å². The first-order valence-electron chi connectivity index (χ1n) is 15.4. The SMILES string of the molecule is c1ccc(-c2cccc(N(c3ccccc3)c3ccc4c(c3)Oc3ccccc3N4c3ccc4c(c3)sc3ccccc34)c2)cc1. The number of hydrogen-bond acceptors (Lipinski definition) is 4. The smallest absolute Gasteiger partial charge is 0.153 e. The fourth-order valence-corrected chi connectivity index (χ4v) is 7.64. The largest absolute Gasteiger partial charge is 0.453 e. The molecule has 0 fully saturated rings. The third kappa shape index (κ3) is 4.50. The summed E-state index contributed by atoms with van der Waals surface area (Å²) in [6.07, 6.45) is 0. The number of nitrogens with zero attached hydrogens (tertiary/aromatic N) is 2. The molecule has 0 atom stereocenters. The van der Waals surface area contributed by atoms with E-state index in [0.717, 1.165) is 45.6 Å². The molecule has 2 heterocycles. The van der Waals surface area contributed by atoms with Crippen molar-refractivity contribution in [2.75, 3.05) is 9.80 Å². The molecule has 9 rings (SSSR count). The fraction of sp³-hybridized carbons (Fsp3) is 0. The molecule has 0 spiro atoms. The molecular formula is C42H28N2OS. The van der Waals surface area contributed by atoms with E-state index in [4.69, 9.17) is 4.74 Å². The molecule has 0 aliphatic carbocycles. The summed E-state index contributed by atoms with van der Waals surface area (Å²) in [5, 5.41) is 2.59. The van der Waals surface area contributed by atoms with E-state index in [-0.39, 0.29) is 0 Å². The minimum absolute atomic E-state index is 0.813. The molecule has 7 aromatic carbocycles. The van der Waals surface area contributed by atoms with E-state index in [2.05, 4.69) is 168 Å². The fourth-order valence-electron chi connectivity index (χ4n) is 6.50. The summed E-state index contributed by atoms with van der Waals surface area (Å²) >= 11 is 1.84. The van der Waals surface area contributed by atoms with E-state index in [1.807, 2.05) is 23.5 Å². The van der Waals surface area contributed by atoms with E-state index >= 15 is 0 Å². The van der Waals surface area contributed by atoms with Gasteiger partial charge in [0.25, 0.3) is 0 Å². The van der Waals surface area contributed by atoms with Crippen LogP contribution in [-0.2, 0) is 0 Å². The second-order valence-electron chi connectivity index (χ2n) is 11.4. The first kappa shape index (κ1) is 26.6. The maximum atomic E-state index is 6.65. The molecule has 0 N–H and O–H groups in total. The molecule has 0 radical (unpaired) electrons. The molecule has 1 aromatic heterocycles. The number of rotatable bonds is 5. The van der Waals surface area contributed by atoms with E-state index in [0.29, 0.717) is 0 Å². The Hall–Kier alpha value is -5.84.